The SMILES string of the molecule is Cc1cc(C)c(S(=O)(=O)N2CCC(CN3CCC[C@@H](C)C3)CC2)cc1C. The molecule has 0 spiro atoms. The lowest BCUT2D eigenvalue weighted by molar-refractivity contribution is 0.136. The van der Waals surface area contributed by atoms with E-state index in [9.17, 15) is 8.42 Å². The highest BCUT2D eigenvalue weighted by molar-refractivity contribution is 7.89. The Morgan fingerprint density at radius 2 is 1.62 bits per heavy atom. The maximum atomic E-state index is 13.1. The van der Waals surface area contributed by atoms with Gasteiger partial charge in [0.1, 0.15) is 0 Å². The molecule has 5 heteroatoms. The van der Waals surface area contributed by atoms with E-state index < -0.39 is 10.0 Å². The number of benzene rings is 1. The van der Waals surface area contributed by atoms with Crippen LogP contribution in [0.4, 0.5) is 0 Å². The summed E-state index contributed by atoms with van der Waals surface area (Å²) in [4.78, 5) is 3.08. The van der Waals surface area contributed by atoms with Gasteiger partial charge in [-0.15, -0.1) is 0 Å². The zero-order valence-electron chi connectivity index (χ0n) is 16.8. The summed E-state index contributed by atoms with van der Waals surface area (Å²) < 4.78 is 28.0. The summed E-state index contributed by atoms with van der Waals surface area (Å²) in [7, 11) is -3.38. The van der Waals surface area contributed by atoms with Crippen molar-refractivity contribution < 1.29 is 8.42 Å². The number of hydrogen-bond acceptors (Lipinski definition) is 3. The molecule has 0 bridgehead atoms. The lowest BCUT2D eigenvalue weighted by Crippen LogP contribution is -2.43. The molecule has 26 heavy (non-hydrogen) atoms. The maximum absolute atomic E-state index is 13.1. The molecule has 2 fully saturated rings. The summed E-state index contributed by atoms with van der Waals surface area (Å²) >= 11 is 0. The van der Waals surface area contributed by atoms with Gasteiger partial charge in [0.2, 0.25) is 10.0 Å². The molecule has 0 aliphatic carbocycles. The average Bonchev–Trinajstić information content (AvgIpc) is 2.58. The van der Waals surface area contributed by atoms with Crippen LogP contribution in [-0.4, -0.2) is 50.3 Å². The number of piperidine rings is 2. The lowest BCUT2D eigenvalue weighted by atomic mass is 9.94. The summed E-state index contributed by atoms with van der Waals surface area (Å²) in [5.74, 6) is 1.43. The molecule has 0 aromatic heterocycles. The topological polar surface area (TPSA) is 40.6 Å². The molecular formula is C21H34N2O2S. The Bertz CT molecular complexity index is 737. The summed E-state index contributed by atoms with van der Waals surface area (Å²) in [6.07, 6.45) is 4.62. The monoisotopic (exact) mass is 378 g/mol. The van der Waals surface area contributed by atoms with Crippen molar-refractivity contribution >= 4 is 10.0 Å². The molecule has 0 radical (unpaired) electrons. The van der Waals surface area contributed by atoms with Gasteiger partial charge in [-0.3, -0.25) is 0 Å². The Morgan fingerprint density at radius 1 is 0.962 bits per heavy atom. The van der Waals surface area contributed by atoms with Gasteiger partial charge >= 0.3 is 0 Å². The fraction of sp³-hybridized carbons (Fsp3) is 0.714. The first-order chi connectivity index (χ1) is 12.3. The quantitative estimate of drug-likeness (QED) is 0.801. The Balaban J connectivity index is 1.63. The van der Waals surface area contributed by atoms with Crippen molar-refractivity contribution in [1.82, 2.24) is 9.21 Å². The normalized spacial score (nSPS) is 24.1. The molecule has 1 aromatic rings. The van der Waals surface area contributed by atoms with Gasteiger partial charge in [0.15, 0.2) is 0 Å². The number of sulfonamides is 1. The van der Waals surface area contributed by atoms with E-state index in [2.05, 4.69) is 11.8 Å². The first-order valence-electron chi connectivity index (χ1n) is 10.1. The zero-order valence-corrected chi connectivity index (χ0v) is 17.6. The highest BCUT2D eigenvalue weighted by Gasteiger charge is 2.31. The van der Waals surface area contributed by atoms with Crippen molar-refractivity contribution in [2.75, 3.05) is 32.7 Å². The van der Waals surface area contributed by atoms with Crippen molar-refractivity contribution in [3.8, 4) is 0 Å². The van der Waals surface area contributed by atoms with Crippen LogP contribution in [0.1, 0.15) is 49.3 Å². The minimum Gasteiger partial charge on any atom is -0.303 e. The van der Waals surface area contributed by atoms with Gasteiger partial charge in [-0.05, 0) is 87.6 Å². The highest BCUT2D eigenvalue weighted by Crippen LogP contribution is 2.28. The Hall–Kier alpha value is -0.910. The molecule has 2 aliphatic rings. The van der Waals surface area contributed by atoms with E-state index >= 15 is 0 Å². The fourth-order valence-electron chi connectivity index (χ4n) is 4.50. The lowest BCUT2D eigenvalue weighted by Gasteiger charge is -2.37. The molecule has 0 amide bonds. The standard InChI is InChI=1S/C21H34N2O2S/c1-16-6-5-9-22(14-16)15-20-7-10-23(11-8-20)26(24,25)21-13-18(3)17(2)12-19(21)4/h12-13,16,20H,5-11,14-15H2,1-4H3/t16-/m1/s1. The third kappa shape index (κ3) is 4.32. The number of nitrogens with zero attached hydrogens (tertiary/aromatic N) is 2. The van der Waals surface area contributed by atoms with Gasteiger partial charge in [-0.1, -0.05) is 13.0 Å². The number of aryl methyl sites for hydroxylation is 3. The summed E-state index contributed by atoms with van der Waals surface area (Å²) in [5.41, 5.74) is 3.05. The third-order valence-electron chi connectivity index (χ3n) is 6.24. The van der Waals surface area contributed by atoms with Crippen LogP contribution >= 0.6 is 0 Å². The van der Waals surface area contributed by atoms with E-state index in [0.717, 1.165) is 42.0 Å². The molecule has 2 saturated heterocycles. The molecule has 0 unspecified atom stereocenters. The third-order valence-corrected chi connectivity index (χ3v) is 8.28. The number of likely N-dealkylation sites (tertiary alicyclic amines) is 1. The zero-order chi connectivity index (χ0) is 18.9. The number of rotatable bonds is 4. The van der Waals surface area contributed by atoms with Gasteiger partial charge in [0, 0.05) is 26.2 Å². The summed E-state index contributed by atoms with van der Waals surface area (Å²) in [6.45, 7) is 13.1. The minimum absolute atomic E-state index is 0.490. The molecule has 1 atom stereocenters. The Morgan fingerprint density at radius 3 is 2.27 bits per heavy atom. The fourth-order valence-corrected chi connectivity index (χ4v) is 6.26. The predicted octanol–water partition coefficient (Wildman–Crippen LogP) is 3.74. The van der Waals surface area contributed by atoms with Crippen molar-refractivity contribution in [2.24, 2.45) is 11.8 Å². The molecule has 2 heterocycles. The van der Waals surface area contributed by atoms with Crippen LogP contribution in [0.25, 0.3) is 0 Å². The van der Waals surface area contributed by atoms with E-state index in [1.165, 1.54) is 25.9 Å². The molecule has 0 saturated carbocycles. The predicted molar refractivity (Wildman–Crippen MR) is 107 cm³/mol. The van der Waals surface area contributed by atoms with Crippen LogP contribution in [-0.2, 0) is 10.0 Å². The molecule has 1 aromatic carbocycles. The van der Waals surface area contributed by atoms with Gasteiger partial charge in [-0.25, -0.2) is 8.42 Å². The van der Waals surface area contributed by atoms with E-state index in [-0.39, 0.29) is 0 Å². The van der Waals surface area contributed by atoms with Crippen molar-refractivity contribution in [3.63, 3.8) is 0 Å². The maximum Gasteiger partial charge on any atom is 0.243 e. The van der Waals surface area contributed by atoms with Crippen LogP contribution in [0.5, 0.6) is 0 Å². The van der Waals surface area contributed by atoms with Gasteiger partial charge in [-0.2, -0.15) is 4.31 Å². The average molecular weight is 379 g/mol. The van der Waals surface area contributed by atoms with Crippen LogP contribution in [0, 0.1) is 32.6 Å². The Labute approximate surface area is 159 Å². The van der Waals surface area contributed by atoms with E-state index in [4.69, 9.17) is 0 Å². The first kappa shape index (κ1) is 19.8. The van der Waals surface area contributed by atoms with E-state index in [1.54, 1.807) is 4.31 Å². The summed E-state index contributed by atoms with van der Waals surface area (Å²) in [6, 6.07) is 3.84. The summed E-state index contributed by atoms with van der Waals surface area (Å²) in [5, 5.41) is 0. The second kappa shape index (κ2) is 7.99. The van der Waals surface area contributed by atoms with Gasteiger partial charge in [0.25, 0.3) is 0 Å². The second-order valence-electron chi connectivity index (χ2n) is 8.56. The van der Waals surface area contributed by atoms with Crippen molar-refractivity contribution in [3.05, 3.63) is 28.8 Å². The van der Waals surface area contributed by atoms with Crippen molar-refractivity contribution in [1.29, 1.82) is 0 Å². The molecule has 3 rings (SSSR count). The molecular weight excluding hydrogens is 344 g/mol. The highest BCUT2D eigenvalue weighted by atomic mass is 32.2. The first-order valence-corrected chi connectivity index (χ1v) is 11.5. The van der Waals surface area contributed by atoms with Crippen LogP contribution in [0.3, 0.4) is 0 Å². The number of hydrogen-bond donors (Lipinski definition) is 0. The van der Waals surface area contributed by atoms with E-state index in [1.807, 2.05) is 32.9 Å². The molecule has 2 aliphatic heterocycles. The van der Waals surface area contributed by atoms with Crippen LogP contribution in [0.15, 0.2) is 17.0 Å². The van der Waals surface area contributed by atoms with E-state index in [0.29, 0.717) is 23.9 Å². The van der Waals surface area contributed by atoms with Crippen molar-refractivity contribution in [2.45, 2.75) is 58.3 Å². The van der Waals surface area contributed by atoms with Crippen LogP contribution < -0.4 is 0 Å². The molecule has 0 N–H and O–H groups in total. The molecule has 4 nitrogen and oxygen atoms in total. The Kier molecular flexibility index (Phi) is 6.10. The van der Waals surface area contributed by atoms with Gasteiger partial charge < -0.3 is 4.90 Å². The second-order valence-corrected chi connectivity index (χ2v) is 10.5. The largest absolute Gasteiger partial charge is 0.303 e. The minimum atomic E-state index is -3.38. The molecule has 146 valence electrons. The van der Waals surface area contributed by atoms with Gasteiger partial charge in [0.05, 0.1) is 4.90 Å². The smallest absolute Gasteiger partial charge is 0.243 e. The van der Waals surface area contributed by atoms with Crippen LogP contribution in [0.2, 0.25) is 0 Å².